The smallest absolute Gasteiger partial charge is 0.257 e. The molecule has 0 atom stereocenters. The van der Waals surface area contributed by atoms with Gasteiger partial charge >= 0.3 is 0 Å². The molecule has 41 heavy (non-hydrogen) atoms. The lowest BCUT2D eigenvalue weighted by atomic mass is 10.0. The molecule has 2 aliphatic rings. The summed E-state index contributed by atoms with van der Waals surface area (Å²) in [6, 6.07) is 13.2. The highest BCUT2D eigenvalue weighted by Gasteiger charge is 2.42. The second-order valence-electron chi connectivity index (χ2n) is 9.85. The lowest BCUT2D eigenvalue weighted by molar-refractivity contribution is -0.313. The van der Waals surface area contributed by atoms with Crippen molar-refractivity contribution in [3.8, 4) is 0 Å². The van der Waals surface area contributed by atoms with Gasteiger partial charge in [0.15, 0.2) is 5.04 Å². The number of benzene rings is 2. The molecule has 0 aliphatic carbocycles. The summed E-state index contributed by atoms with van der Waals surface area (Å²) in [5, 5.41) is 8.16. The fraction of sp³-hybridized carbons (Fsp3) is 0.407. The zero-order valence-corrected chi connectivity index (χ0v) is 24.6. The van der Waals surface area contributed by atoms with Crippen LogP contribution in [-0.2, 0) is 43.2 Å². The highest BCUT2D eigenvalue weighted by molar-refractivity contribution is 8.04. The average Bonchev–Trinajstić information content (AvgIpc) is 3.49. The quantitative estimate of drug-likeness (QED) is 0.274. The normalized spacial score (nSPS) is 22.1. The molecule has 1 aromatic heterocycles. The molecular formula is C27H32Cl2N6O5S. The van der Waals surface area contributed by atoms with E-state index in [1.165, 1.54) is 4.31 Å². The number of rotatable bonds is 9. The van der Waals surface area contributed by atoms with Gasteiger partial charge in [-0.15, -0.1) is 0 Å². The molecule has 0 saturated carbocycles. The topological polar surface area (TPSA) is 136 Å². The zero-order valence-electron chi connectivity index (χ0n) is 22.3. The van der Waals surface area contributed by atoms with Crippen LogP contribution in [0.25, 0.3) is 0 Å². The van der Waals surface area contributed by atoms with Gasteiger partial charge in [0.1, 0.15) is 6.10 Å². The minimum Gasteiger partial charge on any atom is -0.369 e. The van der Waals surface area contributed by atoms with Gasteiger partial charge in [0, 0.05) is 61.4 Å². The largest absolute Gasteiger partial charge is 0.369 e. The molecule has 2 fully saturated rings. The number of imidazole rings is 1. The van der Waals surface area contributed by atoms with E-state index in [1.54, 1.807) is 24.7 Å². The second-order valence-corrected chi connectivity index (χ2v) is 12.7. The first kappa shape index (κ1) is 29.9. The van der Waals surface area contributed by atoms with Crippen molar-refractivity contribution in [1.82, 2.24) is 13.9 Å². The highest BCUT2D eigenvalue weighted by Crippen LogP contribution is 2.38. The second kappa shape index (κ2) is 12.8. The molecule has 0 unspecified atom stereocenters. The monoisotopic (exact) mass is 622 g/mol. The molecular weight excluding hydrogens is 591 g/mol. The van der Waals surface area contributed by atoms with Crippen molar-refractivity contribution in [1.29, 1.82) is 5.41 Å². The van der Waals surface area contributed by atoms with Gasteiger partial charge in [-0.05, 0) is 29.8 Å². The molecule has 11 nitrogen and oxygen atoms in total. The molecule has 0 spiro atoms. The van der Waals surface area contributed by atoms with Crippen LogP contribution >= 0.6 is 23.2 Å². The standard InChI is InChI=1S/C27H32Cl2N6O5S/c28-21-3-6-24(25(29)13-21)27(18-33-8-7-32-19-33)39-16-23(17-40-27)38-15-20-1-4-22(5-2-20)34-9-11-35(12-10-34)41(36,37)26(31)14-30/h1-8,13,19,23,31H,9-12,14-18,30H2. The third kappa shape index (κ3) is 6.76. The lowest BCUT2D eigenvalue weighted by Crippen LogP contribution is -2.51. The molecule has 2 saturated heterocycles. The third-order valence-corrected chi connectivity index (χ3v) is 9.54. The van der Waals surface area contributed by atoms with Crippen LogP contribution in [0, 0.1) is 5.41 Å². The Morgan fingerprint density at radius 2 is 1.80 bits per heavy atom. The molecule has 0 amide bonds. The van der Waals surface area contributed by atoms with Gasteiger partial charge in [-0.2, -0.15) is 4.31 Å². The molecule has 3 aromatic rings. The zero-order chi connectivity index (χ0) is 29.0. The number of nitrogens with zero attached hydrogens (tertiary/aromatic N) is 4. The number of nitrogens with one attached hydrogen (secondary N) is 1. The van der Waals surface area contributed by atoms with Crippen LogP contribution < -0.4 is 10.6 Å². The lowest BCUT2D eigenvalue weighted by Gasteiger charge is -2.41. The molecule has 2 aromatic carbocycles. The first-order valence-corrected chi connectivity index (χ1v) is 15.3. The van der Waals surface area contributed by atoms with E-state index in [-0.39, 0.29) is 12.6 Å². The Labute approximate surface area is 249 Å². The number of hydrogen-bond donors (Lipinski definition) is 2. The molecule has 3 heterocycles. The van der Waals surface area contributed by atoms with Gasteiger partial charge in [-0.3, -0.25) is 5.41 Å². The SMILES string of the molecule is N=C(CN)S(=O)(=O)N1CCN(c2ccc(COC3COC(Cn4ccnc4)(c4ccc(Cl)cc4Cl)OC3)cc2)CC1. The summed E-state index contributed by atoms with van der Waals surface area (Å²) in [5.41, 5.74) is 8.03. The number of halogens is 2. The Hall–Kier alpha value is -2.55. The molecule has 220 valence electrons. The van der Waals surface area contributed by atoms with Crippen molar-refractivity contribution in [2.24, 2.45) is 5.73 Å². The number of piperazine rings is 1. The first-order chi connectivity index (χ1) is 19.7. The number of aromatic nitrogens is 2. The summed E-state index contributed by atoms with van der Waals surface area (Å²) in [6.45, 7) is 2.72. The summed E-state index contributed by atoms with van der Waals surface area (Å²) in [5.74, 6) is -1.11. The predicted molar refractivity (Wildman–Crippen MR) is 157 cm³/mol. The fourth-order valence-corrected chi connectivity index (χ4v) is 6.58. The van der Waals surface area contributed by atoms with Crippen molar-refractivity contribution in [3.63, 3.8) is 0 Å². The first-order valence-electron chi connectivity index (χ1n) is 13.1. The summed E-state index contributed by atoms with van der Waals surface area (Å²) in [4.78, 5) is 6.24. The fourth-order valence-electron chi connectivity index (χ4n) is 4.86. The predicted octanol–water partition coefficient (Wildman–Crippen LogP) is 3.06. The van der Waals surface area contributed by atoms with Crippen molar-refractivity contribution >= 4 is 44.0 Å². The Morgan fingerprint density at radius 3 is 2.41 bits per heavy atom. The number of nitrogens with two attached hydrogens (primary N) is 1. The number of hydrogen-bond acceptors (Lipinski definition) is 9. The number of anilines is 1. The molecule has 3 N–H and O–H groups in total. The van der Waals surface area contributed by atoms with E-state index in [0.717, 1.165) is 11.3 Å². The van der Waals surface area contributed by atoms with E-state index in [2.05, 4.69) is 9.88 Å². The van der Waals surface area contributed by atoms with E-state index < -0.39 is 20.9 Å². The van der Waals surface area contributed by atoms with E-state index in [0.29, 0.717) is 68.2 Å². The Morgan fingerprint density at radius 1 is 1.10 bits per heavy atom. The Kier molecular flexibility index (Phi) is 9.31. The van der Waals surface area contributed by atoms with Gasteiger partial charge in [0.2, 0.25) is 5.79 Å². The molecule has 0 radical (unpaired) electrons. The van der Waals surface area contributed by atoms with E-state index >= 15 is 0 Å². The summed E-state index contributed by atoms with van der Waals surface area (Å²) >= 11 is 12.7. The maximum Gasteiger partial charge on any atom is 0.257 e. The Bertz CT molecular complexity index is 1440. The summed E-state index contributed by atoms with van der Waals surface area (Å²) in [7, 11) is -3.77. The van der Waals surface area contributed by atoms with Crippen molar-refractivity contribution in [3.05, 3.63) is 82.4 Å². The van der Waals surface area contributed by atoms with Crippen LogP contribution in [0.3, 0.4) is 0 Å². The van der Waals surface area contributed by atoms with Crippen LogP contribution in [0.5, 0.6) is 0 Å². The minimum atomic E-state index is -3.77. The van der Waals surface area contributed by atoms with Gasteiger partial charge < -0.3 is 29.4 Å². The number of ether oxygens (including phenoxy) is 3. The van der Waals surface area contributed by atoms with Crippen LogP contribution in [0.2, 0.25) is 10.0 Å². The summed E-state index contributed by atoms with van der Waals surface area (Å²) in [6.07, 6.45) is 4.94. The third-order valence-electron chi connectivity index (χ3n) is 7.16. The molecule has 5 rings (SSSR count). The maximum atomic E-state index is 12.4. The molecule has 2 aliphatic heterocycles. The molecule has 14 heteroatoms. The van der Waals surface area contributed by atoms with Crippen LogP contribution in [0.4, 0.5) is 5.69 Å². The van der Waals surface area contributed by atoms with E-state index in [1.807, 2.05) is 41.1 Å². The minimum absolute atomic E-state index is 0.279. The average molecular weight is 624 g/mol. The van der Waals surface area contributed by atoms with Crippen LogP contribution in [0.1, 0.15) is 11.1 Å². The van der Waals surface area contributed by atoms with E-state index in [9.17, 15) is 8.42 Å². The Balaban J connectivity index is 1.15. The van der Waals surface area contributed by atoms with E-state index in [4.69, 9.17) is 48.6 Å². The van der Waals surface area contributed by atoms with Gasteiger partial charge in [0.25, 0.3) is 10.0 Å². The number of sulfonamides is 1. The van der Waals surface area contributed by atoms with Crippen LogP contribution in [0.15, 0.2) is 61.2 Å². The van der Waals surface area contributed by atoms with Gasteiger partial charge in [-0.25, -0.2) is 13.4 Å². The van der Waals surface area contributed by atoms with Gasteiger partial charge in [0.05, 0.1) is 37.7 Å². The maximum absolute atomic E-state index is 12.4. The van der Waals surface area contributed by atoms with Crippen molar-refractivity contribution in [2.45, 2.75) is 25.0 Å². The highest BCUT2D eigenvalue weighted by atomic mass is 35.5. The summed E-state index contributed by atoms with van der Waals surface area (Å²) < 4.78 is 46.6. The van der Waals surface area contributed by atoms with Crippen molar-refractivity contribution in [2.75, 3.05) is 50.8 Å². The molecule has 0 bridgehead atoms. The van der Waals surface area contributed by atoms with Gasteiger partial charge in [-0.1, -0.05) is 41.4 Å². The van der Waals surface area contributed by atoms with Crippen LogP contribution in [-0.4, -0.2) is 79.4 Å². The van der Waals surface area contributed by atoms with Crippen molar-refractivity contribution < 1.29 is 22.6 Å².